The molecule has 1 N–H and O–H groups in total. The van der Waals surface area contributed by atoms with Gasteiger partial charge in [0.25, 0.3) is 0 Å². The van der Waals surface area contributed by atoms with Crippen molar-refractivity contribution in [3.8, 4) is 0 Å². The fourth-order valence-corrected chi connectivity index (χ4v) is 1.84. The van der Waals surface area contributed by atoms with Gasteiger partial charge in [0, 0.05) is 30.9 Å². The Hall–Kier alpha value is -1.62. The molecule has 5 nitrogen and oxygen atoms in total. The van der Waals surface area contributed by atoms with Gasteiger partial charge in [-0.3, -0.25) is 0 Å². The van der Waals surface area contributed by atoms with Crippen molar-refractivity contribution in [2.45, 2.75) is 33.2 Å². The second kappa shape index (κ2) is 5.57. The van der Waals surface area contributed by atoms with Crippen LogP contribution in [-0.4, -0.2) is 19.5 Å². The van der Waals surface area contributed by atoms with E-state index in [-0.39, 0.29) is 5.92 Å². The van der Waals surface area contributed by atoms with Crippen molar-refractivity contribution >= 4 is 17.4 Å². The van der Waals surface area contributed by atoms with Gasteiger partial charge in [0.2, 0.25) is 0 Å². The average molecular weight is 280 g/mol. The first kappa shape index (κ1) is 13.8. The second-order valence-electron chi connectivity index (χ2n) is 4.81. The first-order chi connectivity index (χ1) is 8.99. The smallest absolute Gasteiger partial charge is 0.137 e. The summed E-state index contributed by atoms with van der Waals surface area (Å²) in [4.78, 5) is 13.1. The maximum absolute atomic E-state index is 6.14. The molecule has 0 aliphatic heterocycles. The predicted molar refractivity (Wildman–Crippen MR) is 76.4 cm³/mol. The monoisotopic (exact) mass is 279 g/mol. The number of imidazole rings is 1. The van der Waals surface area contributed by atoms with E-state index in [0.717, 1.165) is 23.0 Å². The van der Waals surface area contributed by atoms with Crippen LogP contribution in [0.15, 0.2) is 12.4 Å². The molecule has 0 unspecified atom stereocenters. The zero-order chi connectivity index (χ0) is 14.0. The minimum Gasteiger partial charge on any atom is -0.362 e. The number of halogens is 1. The number of nitrogens with one attached hydrogen (secondary N) is 1. The minimum absolute atomic E-state index is 0.242. The highest BCUT2D eigenvalue weighted by molar-refractivity contribution is 6.30. The number of aryl methyl sites for hydroxylation is 1. The Balaban J connectivity index is 2.22. The van der Waals surface area contributed by atoms with Crippen LogP contribution < -0.4 is 5.32 Å². The molecule has 0 spiro atoms. The largest absolute Gasteiger partial charge is 0.362 e. The summed E-state index contributed by atoms with van der Waals surface area (Å²) in [5.74, 6) is 2.71. The van der Waals surface area contributed by atoms with Gasteiger partial charge in [-0.1, -0.05) is 25.4 Å². The maximum atomic E-state index is 6.14. The van der Waals surface area contributed by atoms with Gasteiger partial charge in [-0.25, -0.2) is 15.0 Å². The fourth-order valence-electron chi connectivity index (χ4n) is 1.67. The Bertz CT molecular complexity index is 576. The number of hydrogen-bond donors (Lipinski definition) is 1. The molecule has 0 aliphatic rings. The van der Waals surface area contributed by atoms with Gasteiger partial charge in [-0.15, -0.1) is 0 Å². The van der Waals surface area contributed by atoms with E-state index in [1.165, 1.54) is 0 Å². The van der Waals surface area contributed by atoms with Crippen LogP contribution in [0.2, 0.25) is 5.15 Å². The quantitative estimate of drug-likeness (QED) is 0.875. The molecule has 0 saturated heterocycles. The molecule has 2 aromatic rings. The highest BCUT2D eigenvalue weighted by atomic mass is 35.5. The van der Waals surface area contributed by atoms with Crippen molar-refractivity contribution in [2.24, 2.45) is 7.05 Å². The van der Waals surface area contributed by atoms with Gasteiger partial charge in [0.05, 0.1) is 6.54 Å². The minimum atomic E-state index is 0.242. The average Bonchev–Trinajstić information content (AvgIpc) is 2.76. The van der Waals surface area contributed by atoms with E-state index >= 15 is 0 Å². The molecule has 2 aromatic heterocycles. The molecule has 0 aromatic carbocycles. The standard InChI is InChI=1S/C13H18ClN5/c1-8(2)12-17-11(14)9(3)13(18-12)16-7-10-15-5-6-19(10)4/h5-6,8H,7H2,1-4H3,(H,16,17,18). The molecule has 0 fully saturated rings. The van der Waals surface area contributed by atoms with Gasteiger partial charge >= 0.3 is 0 Å². The summed E-state index contributed by atoms with van der Waals surface area (Å²) in [5, 5.41) is 3.77. The molecule has 6 heteroatoms. The normalized spacial score (nSPS) is 11.1. The number of aromatic nitrogens is 4. The third-order valence-electron chi connectivity index (χ3n) is 2.96. The Labute approximate surface area is 118 Å². The number of nitrogens with zero attached hydrogens (tertiary/aromatic N) is 4. The Morgan fingerprint density at radius 3 is 2.68 bits per heavy atom. The Morgan fingerprint density at radius 1 is 1.37 bits per heavy atom. The molecule has 2 rings (SSSR count). The second-order valence-corrected chi connectivity index (χ2v) is 5.17. The SMILES string of the molecule is Cc1c(Cl)nc(C(C)C)nc1NCc1nccn1C. The summed E-state index contributed by atoms with van der Waals surface area (Å²) in [6, 6.07) is 0. The van der Waals surface area contributed by atoms with Crippen LogP contribution in [0.4, 0.5) is 5.82 Å². The first-order valence-corrected chi connectivity index (χ1v) is 6.61. The van der Waals surface area contributed by atoms with Gasteiger partial charge in [0.15, 0.2) is 0 Å². The molecule has 2 heterocycles. The lowest BCUT2D eigenvalue weighted by Gasteiger charge is -2.12. The third-order valence-corrected chi connectivity index (χ3v) is 3.32. The summed E-state index contributed by atoms with van der Waals surface area (Å²) in [5.41, 5.74) is 0.861. The summed E-state index contributed by atoms with van der Waals surface area (Å²) in [6.07, 6.45) is 3.69. The van der Waals surface area contributed by atoms with E-state index in [1.807, 2.05) is 38.6 Å². The third kappa shape index (κ3) is 3.04. The molecule has 0 aliphatic carbocycles. The summed E-state index contributed by atoms with van der Waals surface area (Å²) in [6.45, 7) is 6.61. The fraction of sp³-hybridized carbons (Fsp3) is 0.462. The molecule has 0 amide bonds. The van der Waals surface area contributed by atoms with Crippen LogP contribution in [0.5, 0.6) is 0 Å². The van der Waals surface area contributed by atoms with Crippen molar-refractivity contribution in [3.63, 3.8) is 0 Å². The van der Waals surface area contributed by atoms with E-state index in [1.54, 1.807) is 6.20 Å². The van der Waals surface area contributed by atoms with Crippen LogP contribution in [0.25, 0.3) is 0 Å². The van der Waals surface area contributed by atoms with Crippen LogP contribution in [0, 0.1) is 6.92 Å². The van der Waals surface area contributed by atoms with Crippen LogP contribution in [0.1, 0.15) is 37.0 Å². The Kier molecular flexibility index (Phi) is 4.04. The van der Waals surface area contributed by atoms with E-state index < -0.39 is 0 Å². The van der Waals surface area contributed by atoms with Crippen molar-refractivity contribution in [1.82, 2.24) is 19.5 Å². The number of anilines is 1. The van der Waals surface area contributed by atoms with Gasteiger partial charge in [0.1, 0.15) is 22.6 Å². The van der Waals surface area contributed by atoms with E-state index in [2.05, 4.69) is 20.3 Å². The molecular weight excluding hydrogens is 262 g/mol. The van der Waals surface area contributed by atoms with E-state index in [0.29, 0.717) is 11.7 Å². The van der Waals surface area contributed by atoms with Crippen molar-refractivity contribution in [3.05, 3.63) is 34.8 Å². The number of rotatable bonds is 4. The lowest BCUT2D eigenvalue weighted by molar-refractivity contribution is 0.766. The van der Waals surface area contributed by atoms with Crippen LogP contribution in [0.3, 0.4) is 0 Å². The lowest BCUT2D eigenvalue weighted by atomic mass is 10.2. The van der Waals surface area contributed by atoms with Gasteiger partial charge < -0.3 is 9.88 Å². The van der Waals surface area contributed by atoms with Crippen molar-refractivity contribution in [1.29, 1.82) is 0 Å². The van der Waals surface area contributed by atoms with Crippen molar-refractivity contribution in [2.75, 3.05) is 5.32 Å². The Morgan fingerprint density at radius 2 is 2.11 bits per heavy atom. The van der Waals surface area contributed by atoms with Crippen LogP contribution >= 0.6 is 11.6 Å². The molecule has 0 bridgehead atoms. The van der Waals surface area contributed by atoms with Gasteiger partial charge in [-0.2, -0.15) is 0 Å². The molecule has 102 valence electrons. The maximum Gasteiger partial charge on any atom is 0.137 e. The van der Waals surface area contributed by atoms with E-state index in [9.17, 15) is 0 Å². The molecule has 0 saturated carbocycles. The first-order valence-electron chi connectivity index (χ1n) is 6.23. The van der Waals surface area contributed by atoms with E-state index in [4.69, 9.17) is 11.6 Å². The van der Waals surface area contributed by atoms with Crippen LogP contribution in [-0.2, 0) is 13.6 Å². The topological polar surface area (TPSA) is 55.6 Å². The van der Waals surface area contributed by atoms with Crippen molar-refractivity contribution < 1.29 is 0 Å². The molecule has 0 atom stereocenters. The van der Waals surface area contributed by atoms with Gasteiger partial charge in [-0.05, 0) is 6.92 Å². The molecular formula is C13H18ClN5. The summed E-state index contributed by atoms with van der Waals surface area (Å²) >= 11 is 6.14. The summed E-state index contributed by atoms with van der Waals surface area (Å²) in [7, 11) is 1.96. The highest BCUT2D eigenvalue weighted by Gasteiger charge is 2.12. The molecule has 0 radical (unpaired) electrons. The lowest BCUT2D eigenvalue weighted by Crippen LogP contribution is -2.10. The summed E-state index contributed by atoms with van der Waals surface area (Å²) < 4.78 is 1.97. The predicted octanol–water partition coefficient (Wildman–Crippen LogP) is 2.91. The zero-order valence-corrected chi connectivity index (χ0v) is 12.4. The molecule has 19 heavy (non-hydrogen) atoms. The number of hydrogen-bond acceptors (Lipinski definition) is 4. The zero-order valence-electron chi connectivity index (χ0n) is 11.6. The highest BCUT2D eigenvalue weighted by Crippen LogP contribution is 2.23.